The van der Waals surface area contributed by atoms with E-state index in [1.54, 1.807) is 31.4 Å². The molecule has 1 aliphatic rings. The lowest BCUT2D eigenvalue weighted by atomic mass is 10.1. The summed E-state index contributed by atoms with van der Waals surface area (Å²) in [7, 11) is -1.91. The van der Waals surface area contributed by atoms with E-state index < -0.39 is 10.0 Å². The van der Waals surface area contributed by atoms with Gasteiger partial charge in [0.2, 0.25) is 10.0 Å². The first-order chi connectivity index (χ1) is 18.4. The van der Waals surface area contributed by atoms with Crippen molar-refractivity contribution in [2.75, 3.05) is 38.6 Å². The Bertz CT molecular complexity index is 1520. The molecule has 0 saturated carbocycles. The lowest BCUT2D eigenvalue weighted by molar-refractivity contribution is 0.141. The van der Waals surface area contributed by atoms with Crippen LogP contribution in [-0.2, 0) is 16.6 Å². The van der Waals surface area contributed by atoms with Gasteiger partial charge < -0.3 is 10.1 Å². The minimum absolute atomic E-state index is 0.0909. The molecule has 1 fully saturated rings. The number of anilines is 1. The minimum Gasteiger partial charge on any atom is -0.496 e. The van der Waals surface area contributed by atoms with Gasteiger partial charge in [0, 0.05) is 48.7 Å². The highest BCUT2D eigenvalue weighted by molar-refractivity contribution is 7.89. The zero-order valence-corrected chi connectivity index (χ0v) is 22.9. The fourth-order valence-electron chi connectivity index (χ4n) is 4.69. The smallest absolute Gasteiger partial charge is 0.243 e. The van der Waals surface area contributed by atoms with Crippen molar-refractivity contribution in [3.05, 3.63) is 89.2 Å². The van der Waals surface area contributed by atoms with Gasteiger partial charge in [-0.15, -0.1) is 0 Å². The molecule has 1 unspecified atom stereocenters. The molecule has 3 aromatic carbocycles. The third-order valence-electron chi connectivity index (χ3n) is 6.91. The van der Waals surface area contributed by atoms with Gasteiger partial charge in [-0.2, -0.15) is 4.31 Å². The molecule has 5 rings (SSSR count). The highest BCUT2D eigenvalue weighted by Gasteiger charge is 2.31. The highest BCUT2D eigenvalue weighted by Crippen LogP contribution is 2.28. The first-order valence-electron chi connectivity index (χ1n) is 12.5. The molecule has 38 heavy (non-hydrogen) atoms. The third-order valence-corrected chi connectivity index (χ3v) is 9.07. The summed E-state index contributed by atoms with van der Waals surface area (Å²) < 4.78 is 33.2. The molecule has 1 saturated heterocycles. The Morgan fingerprint density at radius 2 is 1.63 bits per heavy atom. The average Bonchev–Trinajstić information content (AvgIpc) is 2.95. The van der Waals surface area contributed by atoms with E-state index in [4.69, 9.17) is 26.3 Å². The molecular formula is C28H30ClN5O3S. The first kappa shape index (κ1) is 26.4. The van der Waals surface area contributed by atoms with Crippen LogP contribution in [0.15, 0.2) is 77.7 Å². The molecule has 198 valence electrons. The van der Waals surface area contributed by atoms with Crippen molar-refractivity contribution in [3.63, 3.8) is 0 Å². The first-order valence-corrected chi connectivity index (χ1v) is 14.3. The van der Waals surface area contributed by atoms with Crippen LogP contribution in [0.25, 0.3) is 10.9 Å². The van der Waals surface area contributed by atoms with Crippen LogP contribution in [0.4, 0.5) is 5.82 Å². The molecule has 0 amide bonds. The number of nitrogens with zero attached hydrogens (tertiary/aromatic N) is 4. The average molecular weight is 552 g/mol. The van der Waals surface area contributed by atoms with Crippen LogP contribution >= 0.6 is 11.6 Å². The van der Waals surface area contributed by atoms with Crippen molar-refractivity contribution in [2.45, 2.75) is 24.4 Å². The fourth-order valence-corrected chi connectivity index (χ4v) is 6.24. The molecule has 1 aliphatic heterocycles. The summed E-state index contributed by atoms with van der Waals surface area (Å²) in [6, 6.07) is 22.0. The zero-order valence-electron chi connectivity index (χ0n) is 21.3. The summed E-state index contributed by atoms with van der Waals surface area (Å²) in [6.45, 7) is 4.56. The summed E-state index contributed by atoms with van der Waals surface area (Å²) in [5.74, 6) is 2.27. The molecular weight excluding hydrogens is 522 g/mol. The van der Waals surface area contributed by atoms with E-state index in [1.807, 2.05) is 48.5 Å². The predicted octanol–water partition coefficient (Wildman–Crippen LogP) is 4.97. The van der Waals surface area contributed by atoms with Crippen molar-refractivity contribution < 1.29 is 13.2 Å². The molecule has 0 bridgehead atoms. The van der Waals surface area contributed by atoms with Crippen LogP contribution in [0.1, 0.15) is 24.4 Å². The second kappa shape index (κ2) is 11.2. The van der Waals surface area contributed by atoms with Crippen LogP contribution in [0.2, 0.25) is 5.02 Å². The Morgan fingerprint density at radius 3 is 2.37 bits per heavy atom. The molecule has 10 heteroatoms. The summed E-state index contributed by atoms with van der Waals surface area (Å²) in [4.78, 5) is 12.3. The number of nitrogens with one attached hydrogen (secondary N) is 1. The topological polar surface area (TPSA) is 87.7 Å². The number of piperazine rings is 1. The highest BCUT2D eigenvalue weighted by atomic mass is 35.5. The van der Waals surface area contributed by atoms with Crippen molar-refractivity contribution in [1.29, 1.82) is 0 Å². The van der Waals surface area contributed by atoms with Gasteiger partial charge in [-0.05, 0) is 49.4 Å². The number of hydrogen-bond acceptors (Lipinski definition) is 7. The Balaban J connectivity index is 1.33. The molecule has 1 aromatic heterocycles. The maximum absolute atomic E-state index is 13.1. The summed E-state index contributed by atoms with van der Waals surface area (Å²) in [5.41, 5.74) is 1.89. The van der Waals surface area contributed by atoms with E-state index in [-0.39, 0.29) is 10.9 Å². The summed E-state index contributed by atoms with van der Waals surface area (Å²) in [5, 5.41) is 4.93. The molecule has 0 radical (unpaired) electrons. The van der Waals surface area contributed by atoms with E-state index in [0.717, 1.165) is 28.0 Å². The SMILES string of the molecule is COc1ccccc1CNc1nc(C(C)N2CCN(S(=O)(=O)c3ccc(Cl)cc3)CC2)nc2ccccc12. The maximum Gasteiger partial charge on any atom is 0.243 e. The standard InChI is InChI=1S/C28H30ClN5O3S/c1-20(33-15-17-34(18-16-33)38(35,36)23-13-11-22(29)12-14-23)27-31-25-9-5-4-8-24(25)28(32-27)30-19-21-7-3-6-10-26(21)37-2/h3-14,20H,15-19H2,1-2H3,(H,30,31,32). The monoisotopic (exact) mass is 551 g/mol. The maximum atomic E-state index is 13.1. The Morgan fingerprint density at radius 1 is 0.947 bits per heavy atom. The lowest BCUT2D eigenvalue weighted by Crippen LogP contribution is -2.49. The number of hydrogen-bond donors (Lipinski definition) is 1. The number of methoxy groups -OCH3 is 1. The summed E-state index contributed by atoms with van der Waals surface area (Å²) in [6.07, 6.45) is 0. The van der Waals surface area contributed by atoms with Crippen LogP contribution in [0.3, 0.4) is 0 Å². The molecule has 0 aliphatic carbocycles. The van der Waals surface area contributed by atoms with E-state index in [1.165, 1.54) is 4.31 Å². The zero-order chi connectivity index (χ0) is 26.7. The Labute approximate surface area is 228 Å². The molecule has 2 heterocycles. The van der Waals surface area contributed by atoms with E-state index in [9.17, 15) is 8.42 Å². The van der Waals surface area contributed by atoms with Crippen molar-refractivity contribution in [1.82, 2.24) is 19.2 Å². The van der Waals surface area contributed by atoms with Crippen molar-refractivity contribution in [2.24, 2.45) is 0 Å². The van der Waals surface area contributed by atoms with Gasteiger partial charge in [0.25, 0.3) is 0 Å². The van der Waals surface area contributed by atoms with E-state index >= 15 is 0 Å². The molecule has 8 nitrogen and oxygen atoms in total. The van der Waals surface area contributed by atoms with Gasteiger partial charge in [-0.25, -0.2) is 18.4 Å². The van der Waals surface area contributed by atoms with Crippen LogP contribution in [0.5, 0.6) is 5.75 Å². The quantitative estimate of drug-likeness (QED) is 0.331. The van der Waals surface area contributed by atoms with Crippen molar-refractivity contribution >= 4 is 38.3 Å². The van der Waals surface area contributed by atoms with E-state index in [2.05, 4.69) is 17.1 Å². The van der Waals surface area contributed by atoms with Gasteiger partial charge in [0.15, 0.2) is 0 Å². The third kappa shape index (κ3) is 5.47. The number of benzene rings is 3. The van der Waals surface area contributed by atoms with Gasteiger partial charge in [0.05, 0.1) is 23.6 Å². The van der Waals surface area contributed by atoms with Gasteiger partial charge >= 0.3 is 0 Å². The number of rotatable bonds is 8. The van der Waals surface area contributed by atoms with Gasteiger partial charge in [-0.1, -0.05) is 41.9 Å². The molecule has 1 atom stereocenters. The molecule has 4 aromatic rings. The number of sulfonamides is 1. The number of fused-ring (bicyclic) bond motifs is 1. The largest absolute Gasteiger partial charge is 0.496 e. The molecule has 1 N–H and O–H groups in total. The number of aromatic nitrogens is 2. The second-order valence-electron chi connectivity index (χ2n) is 9.18. The van der Waals surface area contributed by atoms with Crippen LogP contribution in [0, 0.1) is 0 Å². The number of ether oxygens (including phenoxy) is 1. The van der Waals surface area contributed by atoms with Crippen molar-refractivity contribution in [3.8, 4) is 5.75 Å². The van der Waals surface area contributed by atoms with E-state index in [0.29, 0.717) is 43.6 Å². The number of halogens is 1. The predicted molar refractivity (Wildman–Crippen MR) is 150 cm³/mol. The van der Waals surface area contributed by atoms with Crippen LogP contribution in [-0.4, -0.2) is 60.9 Å². The molecule has 0 spiro atoms. The normalized spacial score (nSPS) is 15.9. The van der Waals surface area contributed by atoms with Crippen LogP contribution < -0.4 is 10.1 Å². The Kier molecular flexibility index (Phi) is 7.80. The lowest BCUT2D eigenvalue weighted by Gasteiger charge is -2.36. The summed E-state index contributed by atoms with van der Waals surface area (Å²) >= 11 is 5.93. The Hall–Kier alpha value is -3.24. The van der Waals surface area contributed by atoms with Gasteiger partial charge in [-0.3, -0.25) is 4.90 Å². The number of para-hydroxylation sites is 2. The van der Waals surface area contributed by atoms with Gasteiger partial charge in [0.1, 0.15) is 17.4 Å². The second-order valence-corrected chi connectivity index (χ2v) is 11.6. The fraction of sp³-hybridized carbons (Fsp3) is 0.286. The minimum atomic E-state index is -3.57.